The Morgan fingerprint density at radius 1 is 0.833 bits per heavy atom. The minimum atomic E-state index is -0.178. The summed E-state index contributed by atoms with van der Waals surface area (Å²) in [5.41, 5.74) is 4.55. The lowest BCUT2D eigenvalue weighted by atomic mass is 10.1. The predicted molar refractivity (Wildman–Crippen MR) is 116 cm³/mol. The Bertz CT molecular complexity index is 1330. The number of hydrogen-bond acceptors (Lipinski definition) is 4. The van der Waals surface area contributed by atoms with Crippen molar-refractivity contribution in [3.63, 3.8) is 0 Å². The quantitative estimate of drug-likeness (QED) is 0.480. The molecule has 0 radical (unpaired) electrons. The van der Waals surface area contributed by atoms with Crippen LogP contribution in [0.5, 0.6) is 0 Å². The molecule has 2 aromatic heterocycles. The Balaban J connectivity index is 1.54. The van der Waals surface area contributed by atoms with E-state index in [0.717, 1.165) is 22.3 Å². The molecule has 6 nitrogen and oxygen atoms in total. The Hall–Kier alpha value is -4.32. The molecule has 3 aromatic carbocycles. The van der Waals surface area contributed by atoms with E-state index in [4.69, 9.17) is 0 Å². The van der Waals surface area contributed by atoms with Gasteiger partial charge in [0.25, 0.3) is 5.91 Å². The van der Waals surface area contributed by atoms with Crippen molar-refractivity contribution in [1.29, 1.82) is 0 Å². The molecule has 5 rings (SSSR count). The van der Waals surface area contributed by atoms with Crippen molar-refractivity contribution in [2.75, 3.05) is 5.32 Å². The molecule has 0 aliphatic carbocycles. The first-order valence-corrected chi connectivity index (χ1v) is 9.52. The van der Waals surface area contributed by atoms with Gasteiger partial charge in [-0.15, -0.1) is 5.10 Å². The number of carbonyl (C=O) groups is 1. The lowest BCUT2D eigenvalue weighted by Gasteiger charge is -2.11. The van der Waals surface area contributed by atoms with E-state index in [1.807, 2.05) is 79.0 Å². The number of rotatable bonds is 4. The number of fused-ring (bicyclic) bond motifs is 1. The summed E-state index contributed by atoms with van der Waals surface area (Å²) in [7, 11) is 0. The number of amides is 1. The molecule has 1 amide bonds. The van der Waals surface area contributed by atoms with Gasteiger partial charge in [-0.05, 0) is 36.4 Å². The molecule has 5 aromatic rings. The standard InChI is InChI=1S/C24H17N5O/c30-24(18-10-5-2-6-11-18)26-20-13-14-22(19-12-7-15-25-23(19)20)29-16-21(27-28-29)17-8-3-1-4-9-17/h1-16H,(H,26,30). The topological polar surface area (TPSA) is 72.7 Å². The van der Waals surface area contributed by atoms with Crippen molar-refractivity contribution in [2.45, 2.75) is 0 Å². The number of carbonyl (C=O) groups excluding carboxylic acids is 1. The number of anilines is 1. The van der Waals surface area contributed by atoms with E-state index in [-0.39, 0.29) is 5.91 Å². The molecule has 0 saturated heterocycles. The van der Waals surface area contributed by atoms with Gasteiger partial charge < -0.3 is 5.32 Å². The van der Waals surface area contributed by atoms with Gasteiger partial charge in [0.05, 0.1) is 23.1 Å². The molecule has 0 spiro atoms. The van der Waals surface area contributed by atoms with Crippen LogP contribution < -0.4 is 5.32 Å². The summed E-state index contributed by atoms with van der Waals surface area (Å²) < 4.78 is 1.73. The predicted octanol–water partition coefficient (Wildman–Crippen LogP) is 4.73. The minimum absolute atomic E-state index is 0.178. The smallest absolute Gasteiger partial charge is 0.255 e. The van der Waals surface area contributed by atoms with Crippen LogP contribution in [0.25, 0.3) is 27.8 Å². The summed E-state index contributed by atoms with van der Waals surface area (Å²) in [6.45, 7) is 0. The molecule has 2 heterocycles. The van der Waals surface area contributed by atoms with Crippen molar-refractivity contribution in [3.05, 3.63) is 103 Å². The first kappa shape index (κ1) is 17.8. The number of pyridine rings is 1. The third-order valence-corrected chi connectivity index (χ3v) is 4.84. The van der Waals surface area contributed by atoms with Crippen LogP contribution in [-0.4, -0.2) is 25.9 Å². The summed E-state index contributed by atoms with van der Waals surface area (Å²) in [5, 5.41) is 12.4. The number of nitrogens with zero attached hydrogens (tertiary/aromatic N) is 4. The highest BCUT2D eigenvalue weighted by Gasteiger charge is 2.13. The lowest BCUT2D eigenvalue weighted by Crippen LogP contribution is -2.12. The fraction of sp³-hybridized carbons (Fsp3) is 0. The second-order valence-electron chi connectivity index (χ2n) is 6.77. The molecule has 0 aliphatic heterocycles. The summed E-state index contributed by atoms with van der Waals surface area (Å²) in [6, 6.07) is 26.6. The average Bonchev–Trinajstić information content (AvgIpc) is 3.30. The van der Waals surface area contributed by atoms with Gasteiger partial charge in [-0.1, -0.05) is 53.7 Å². The summed E-state index contributed by atoms with van der Waals surface area (Å²) in [5.74, 6) is -0.178. The van der Waals surface area contributed by atoms with Gasteiger partial charge in [0, 0.05) is 22.7 Å². The maximum Gasteiger partial charge on any atom is 0.255 e. The van der Waals surface area contributed by atoms with Crippen LogP contribution >= 0.6 is 0 Å². The number of aromatic nitrogens is 4. The monoisotopic (exact) mass is 391 g/mol. The van der Waals surface area contributed by atoms with Crippen LogP contribution in [0.4, 0.5) is 5.69 Å². The first-order valence-electron chi connectivity index (χ1n) is 9.52. The van der Waals surface area contributed by atoms with Crippen LogP contribution in [0.2, 0.25) is 0 Å². The molecule has 0 aliphatic rings. The largest absolute Gasteiger partial charge is 0.320 e. The van der Waals surface area contributed by atoms with E-state index in [1.54, 1.807) is 23.0 Å². The van der Waals surface area contributed by atoms with Gasteiger partial charge in [0.15, 0.2) is 0 Å². The minimum Gasteiger partial charge on any atom is -0.320 e. The molecule has 0 bridgehead atoms. The molecule has 144 valence electrons. The zero-order valence-corrected chi connectivity index (χ0v) is 15.9. The Kier molecular flexibility index (Phi) is 4.50. The van der Waals surface area contributed by atoms with Crippen LogP contribution in [0.3, 0.4) is 0 Å². The molecule has 1 N–H and O–H groups in total. The maximum absolute atomic E-state index is 12.6. The number of benzene rings is 3. The number of nitrogens with one attached hydrogen (secondary N) is 1. The third-order valence-electron chi connectivity index (χ3n) is 4.84. The Morgan fingerprint density at radius 2 is 1.60 bits per heavy atom. The molecule has 30 heavy (non-hydrogen) atoms. The van der Waals surface area contributed by atoms with Crippen LogP contribution in [0, 0.1) is 0 Å². The second kappa shape index (κ2) is 7.60. The molecule has 0 fully saturated rings. The van der Waals surface area contributed by atoms with Crippen molar-refractivity contribution in [1.82, 2.24) is 20.0 Å². The first-order chi connectivity index (χ1) is 14.8. The van der Waals surface area contributed by atoms with Crippen molar-refractivity contribution in [3.8, 4) is 16.9 Å². The van der Waals surface area contributed by atoms with Crippen LogP contribution in [0.1, 0.15) is 10.4 Å². The van der Waals surface area contributed by atoms with Crippen molar-refractivity contribution < 1.29 is 4.79 Å². The second-order valence-corrected chi connectivity index (χ2v) is 6.77. The Morgan fingerprint density at radius 3 is 2.40 bits per heavy atom. The molecular weight excluding hydrogens is 374 g/mol. The zero-order valence-electron chi connectivity index (χ0n) is 15.9. The van der Waals surface area contributed by atoms with E-state index in [2.05, 4.69) is 20.6 Å². The molecule has 0 saturated carbocycles. The van der Waals surface area contributed by atoms with Crippen molar-refractivity contribution in [2.24, 2.45) is 0 Å². The van der Waals surface area contributed by atoms with Crippen LogP contribution in [0.15, 0.2) is 97.3 Å². The average molecular weight is 391 g/mol. The summed E-state index contributed by atoms with van der Waals surface area (Å²) in [4.78, 5) is 17.1. The van der Waals surface area contributed by atoms with E-state index in [0.29, 0.717) is 16.8 Å². The van der Waals surface area contributed by atoms with Gasteiger partial charge in [0.1, 0.15) is 5.69 Å². The van der Waals surface area contributed by atoms with Gasteiger partial charge in [0.2, 0.25) is 0 Å². The van der Waals surface area contributed by atoms with Gasteiger partial charge in [-0.25, -0.2) is 4.68 Å². The summed E-state index contributed by atoms with van der Waals surface area (Å²) >= 11 is 0. The normalized spacial score (nSPS) is 10.8. The maximum atomic E-state index is 12.6. The molecular formula is C24H17N5O. The van der Waals surface area contributed by atoms with Crippen LogP contribution in [-0.2, 0) is 0 Å². The van der Waals surface area contributed by atoms with E-state index in [9.17, 15) is 4.79 Å². The molecule has 0 unspecified atom stereocenters. The highest BCUT2D eigenvalue weighted by atomic mass is 16.1. The van der Waals surface area contributed by atoms with E-state index in [1.165, 1.54) is 0 Å². The highest BCUT2D eigenvalue weighted by molar-refractivity contribution is 6.09. The highest BCUT2D eigenvalue weighted by Crippen LogP contribution is 2.28. The third kappa shape index (κ3) is 3.31. The van der Waals surface area contributed by atoms with Crippen molar-refractivity contribution >= 4 is 22.5 Å². The SMILES string of the molecule is O=C(Nc1ccc(-n2cc(-c3ccccc3)nn2)c2cccnc12)c1ccccc1. The van der Waals surface area contributed by atoms with Gasteiger partial charge in [-0.2, -0.15) is 0 Å². The Labute approximate surface area is 172 Å². The number of hydrogen-bond donors (Lipinski definition) is 1. The van der Waals surface area contributed by atoms with E-state index >= 15 is 0 Å². The fourth-order valence-corrected chi connectivity index (χ4v) is 3.36. The zero-order chi connectivity index (χ0) is 20.3. The van der Waals surface area contributed by atoms with Gasteiger partial charge >= 0.3 is 0 Å². The summed E-state index contributed by atoms with van der Waals surface area (Å²) in [6.07, 6.45) is 3.60. The van der Waals surface area contributed by atoms with E-state index < -0.39 is 0 Å². The fourth-order valence-electron chi connectivity index (χ4n) is 3.36. The molecule has 0 atom stereocenters. The molecule has 6 heteroatoms. The van der Waals surface area contributed by atoms with Gasteiger partial charge in [-0.3, -0.25) is 9.78 Å². The lowest BCUT2D eigenvalue weighted by molar-refractivity contribution is 0.102.